The van der Waals surface area contributed by atoms with Gasteiger partial charge in [0.05, 0.1) is 19.3 Å². The van der Waals surface area contributed by atoms with Crippen molar-refractivity contribution in [3.8, 4) is 0 Å². The molecule has 2 N–H and O–H groups in total. The zero-order valence-electron chi connectivity index (χ0n) is 13.2. The molecule has 6 nitrogen and oxygen atoms in total. The van der Waals surface area contributed by atoms with Gasteiger partial charge < -0.3 is 24.6 Å². The highest BCUT2D eigenvalue weighted by molar-refractivity contribution is 5.79. The van der Waals surface area contributed by atoms with Gasteiger partial charge in [0.25, 0.3) is 0 Å². The molecule has 0 heterocycles. The monoisotopic (exact) mass is 303 g/mol. The molecule has 1 aliphatic carbocycles. The molecule has 21 heavy (non-hydrogen) atoms. The molecule has 0 aromatic carbocycles. The van der Waals surface area contributed by atoms with Crippen molar-refractivity contribution in [2.75, 3.05) is 40.1 Å². The van der Waals surface area contributed by atoms with Gasteiger partial charge >= 0.3 is 5.97 Å². The maximum absolute atomic E-state index is 11.5. The maximum Gasteiger partial charge on any atom is 0.323 e. The first-order chi connectivity index (χ1) is 10.1. The first-order valence-corrected chi connectivity index (χ1v) is 7.81. The molecule has 1 fully saturated rings. The van der Waals surface area contributed by atoms with Crippen LogP contribution in [0.4, 0.5) is 0 Å². The number of hydrogen-bond donors (Lipinski definition) is 2. The summed E-state index contributed by atoms with van der Waals surface area (Å²) in [6, 6.07) is 0. The minimum Gasteiger partial charge on any atom is -0.480 e. The number of rotatable bonds is 11. The second kappa shape index (κ2) is 10.1. The summed E-state index contributed by atoms with van der Waals surface area (Å²) in [5.41, 5.74) is -0.822. The third-order valence-corrected chi connectivity index (χ3v) is 3.85. The number of hydrogen-bond acceptors (Lipinski definition) is 5. The van der Waals surface area contributed by atoms with Crippen molar-refractivity contribution >= 4 is 5.97 Å². The van der Waals surface area contributed by atoms with E-state index in [9.17, 15) is 9.90 Å². The van der Waals surface area contributed by atoms with Crippen molar-refractivity contribution in [1.29, 1.82) is 0 Å². The highest BCUT2D eigenvalue weighted by Gasteiger charge is 2.42. The van der Waals surface area contributed by atoms with E-state index in [0.717, 1.165) is 19.3 Å². The highest BCUT2D eigenvalue weighted by Crippen LogP contribution is 2.30. The van der Waals surface area contributed by atoms with Crippen molar-refractivity contribution in [2.24, 2.45) is 0 Å². The molecule has 0 amide bonds. The van der Waals surface area contributed by atoms with E-state index in [1.807, 2.05) is 6.92 Å². The number of ether oxygens (including phenoxy) is 3. The van der Waals surface area contributed by atoms with Crippen molar-refractivity contribution in [1.82, 2.24) is 5.32 Å². The molecule has 0 radical (unpaired) electrons. The number of methoxy groups -OCH3 is 1. The van der Waals surface area contributed by atoms with Crippen LogP contribution in [0.5, 0.6) is 0 Å². The van der Waals surface area contributed by atoms with Crippen molar-refractivity contribution in [2.45, 2.75) is 50.7 Å². The van der Waals surface area contributed by atoms with Gasteiger partial charge in [-0.2, -0.15) is 0 Å². The van der Waals surface area contributed by atoms with Gasteiger partial charge in [0.1, 0.15) is 5.54 Å². The van der Waals surface area contributed by atoms with Crippen LogP contribution in [-0.2, 0) is 19.0 Å². The van der Waals surface area contributed by atoms with E-state index in [4.69, 9.17) is 14.2 Å². The van der Waals surface area contributed by atoms with E-state index in [0.29, 0.717) is 45.8 Å². The lowest BCUT2D eigenvalue weighted by molar-refractivity contribution is -0.149. The Morgan fingerprint density at radius 2 is 2.14 bits per heavy atom. The van der Waals surface area contributed by atoms with Gasteiger partial charge in [-0.15, -0.1) is 0 Å². The van der Waals surface area contributed by atoms with E-state index < -0.39 is 11.5 Å². The van der Waals surface area contributed by atoms with E-state index in [1.165, 1.54) is 0 Å². The zero-order chi connectivity index (χ0) is 15.6. The van der Waals surface area contributed by atoms with Gasteiger partial charge in [-0.1, -0.05) is 6.92 Å². The Morgan fingerprint density at radius 1 is 1.33 bits per heavy atom. The summed E-state index contributed by atoms with van der Waals surface area (Å²) in [5.74, 6) is -0.770. The van der Waals surface area contributed by atoms with Crippen LogP contribution in [0.3, 0.4) is 0 Å². The first-order valence-electron chi connectivity index (χ1n) is 7.81. The number of carbonyl (C=O) groups is 1. The molecule has 2 atom stereocenters. The number of aliphatic carboxylic acids is 1. The second-order valence-electron chi connectivity index (χ2n) is 5.47. The van der Waals surface area contributed by atoms with Crippen molar-refractivity contribution in [3.63, 3.8) is 0 Å². The largest absolute Gasteiger partial charge is 0.480 e. The van der Waals surface area contributed by atoms with E-state index in [-0.39, 0.29) is 6.10 Å². The Balaban J connectivity index is 2.24. The summed E-state index contributed by atoms with van der Waals surface area (Å²) < 4.78 is 16.2. The summed E-state index contributed by atoms with van der Waals surface area (Å²) in [7, 11) is 1.67. The Labute approximate surface area is 127 Å². The lowest BCUT2D eigenvalue weighted by Gasteiger charge is -2.38. The van der Waals surface area contributed by atoms with Crippen LogP contribution in [0.25, 0.3) is 0 Å². The Hall–Kier alpha value is -0.690. The average molecular weight is 303 g/mol. The minimum atomic E-state index is -0.822. The Morgan fingerprint density at radius 3 is 2.81 bits per heavy atom. The molecular weight excluding hydrogens is 274 g/mol. The molecule has 124 valence electrons. The normalized spacial score (nSPS) is 25.9. The topological polar surface area (TPSA) is 77.0 Å². The molecule has 0 saturated heterocycles. The van der Waals surface area contributed by atoms with Crippen LogP contribution in [0.2, 0.25) is 0 Å². The minimum absolute atomic E-state index is 0.00326. The fraction of sp³-hybridized carbons (Fsp3) is 0.933. The quantitative estimate of drug-likeness (QED) is 0.562. The predicted octanol–water partition coefficient (Wildman–Crippen LogP) is 1.43. The smallest absolute Gasteiger partial charge is 0.323 e. The van der Waals surface area contributed by atoms with Gasteiger partial charge in [0.2, 0.25) is 0 Å². The summed E-state index contributed by atoms with van der Waals surface area (Å²) in [6.45, 7) is 5.01. The van der Waals surface area contributed by atoms with Gasteiger partial charge in [-0.05, 0) is 32.2 Å². The molecule has 0 bridgehead atoms. The third kappa shape index (κ3) is 6.30. The predicted molar refractivity (Wildman–Crippen MR) is 79.6 cm³/mol. The van der Waals surface area contributed by atoms with Crippen LogP contribution in [0, 0.1) is 0 Å². The number of likely N-dealkylation sites (N-methyl/N-ethyl adjacent to an activating group) is 1. The molecule has 6 heteroatoms. The van der Waals surface area contributed by atoms with Gasteiger partial charge in [0, 0.05) is 26.7 Å². The second-order valence-corrected chi connectivity index (χ2v) is 5.47. The molecule has 1 rings (SSSR count). The Kier molecular flexibility index (Phi) is 8.84. The summed E-state index contributed by atoms with van der Waals surface area (Å²) >= 11 is 0. The van der Waals surface area contributed by atoms with Crippen LogP contribution in [0.1, 0.15) is 39.0 Å². The van der Waals surface area contributed by atoms with Crippen LogP contribution < -0.4 is 5.32 Å². The molecule has 2 unspecified atom stereocenters. The van der Waals surface area contributed by atoms with Crippen LogP contribution in [0.15, 0.2) is 0 Å². The van der Waals surface area contributed by atoms with Crippen LogP contribution in [-0.4, -0.2) is 62.8 Å². The fourth-order valence-electron chi connectivity index (χ4n) is 2.82. The molecule has 0 aliphatic heterocycles. The summed E-state index contributed by atoms with van der Waals surface area (Å²) in [4.78, 5) is 11.5. The first kappa shape index (κ1) is 18.4. The standard InChI is InChI=1S/C15H29NO5/c1-3-16-15(14(17)18)7-4-6-13(12-15)21-11-10-20-9-5-8-19-2/h13,16H,3-12H2,1-2H3,(H,17,18). The van der Waals surface area contributed by atoms with Crippen molar-refractivity contribution < 1.29 is 24.1 Å². The number of carboxylic acid groups (broad SMARTS) is 1. The van der Waals surface area contributed by atoms with Gasteiger partial charge in [-0.25, -0.2) is 0 Å². The highest BCUT2D eigenvalue weighted by atomic mass is 16.5. The van der Waals surface area contributed by atoms with E-state index >= 15 is 0 Å². The molecule has 0 spiro atoms. The lowest BCUT2D eigenvalue weighted by atomic mass is 9.80. The summed E-state index contributed by atoms with van der Waals surface area (Å²) in [6.07, 6.45) is 3.87. The molecular formula is C15H29NO5. The van der Waals surface area contributed by atoms with Crippen molar-refractivity contribution in [3.05, 3.63) is 0 Å². The Bertz CT molecular complexity index is 296. The van der Waals surface area contributed by atoms with E-state index in [1.54, 1.807) is 7.11 Å². The van der Waals surface area contributed by atoms with Gasteiger partial charge in [-0.3, -0.25) is 4.79 Å². The third-order valence-electron chi connectivity index (χ3n) is 3.85. The number of carboxylic acids is 1. The SMILES string of the molecule is CCNC1(C(=O)O)CCCC(OCCOCCCOC)C1. The maximum atomic E-state index is 11.5. The molecule has 1 aliphatic rings. The van der Waals surface area contributed by atoms with E-state index in [2.05, 4.69) is 5.32 Å². The summed E-state index contributed by atoms with van der Waals surface area (Å²) in [5, 5.41) is 12.6. The molecule has 1 saturated carbocycles. The lowest BCUT2D eigenvalue weighted by Crippen LogP contribution is -2.56. The average Bonchev–Trinajstić information content (AvgIpc) is 2.47. The fourth-order valence-corrected chi connectivity index (χ4v) is 2.82. The molecule has 0 aromatic heterocycles. The zero-order valence-corrected chi connectivity index (χ0v) is 13.2. The molecule has 0 aromatic rings. The number of nitrogens with one attached hydrogen (secondary N) is 1. The van der Waals surface area contributed by atoms with Gasteiger partial charge in [0.15, 0.2) is 0 Å². The van der Waals surface area contributed by atoms with Crippen LogP contribution >= 0.6 is 0 Å².